The van der Waals surface area contributed by atoms with Crippen LogP contribution in [0.2, 0.25) is 0 Å². The molecule has 2 rings (SSSR count). The number of nitrogens with one attached hydrogen (secondary N) is 3. The number of aromatic amines is 1. The summed E-state index contributed by atoms with van der Waals surface area (Å²) in [7, 11) is 0. The van der Waals surface area contributed by atoms with Gasteiger partial charge in [0.15, 0.2) is 0 Å². The lowest BCUT2D eigenvalue weighted by Gasteiger charge is -2.35. The van der Waals surface area contributed by atoms with Crippen molar-refractivity contribution in [2.24, 2.45) is 17.3 Å². The molecule has 7 heteroatoms. The number of ketones is 1. The first-order valence-electron chi connectivity index (χ1n) is 10.5. The number of hydrogen-bond acceptors (Lipinski definition) is 3. The second kappa shape index (κ2) is 9.01. The van der Waals surface area contributed by atoms with E-state index in [9.17, 15) is 14.4 Å². The first-order valence-corrected chi connectivity index (χ1v) is 10.5. The van der Waals surface area contributed by atoms with E-state index in [0.29, 0.717) is 18.2 Å². The number of Topliss-reactive ketones (excluding diaryl/α,β-unsaturated/α-hetero) is 1. The fourth-order valence-electron chi connectivity index (χ4n) is 3.92. The molecule has 0 saturated carbocycles. The van der Waals surface area contributed by atoms with Crippen molar-refractivity contribution in [2.45, 2.75) is 73.0 Å². The number of nitrogens with zero attached hydrogens (tertiary/aromatic N) is 1. The molecule has 0 radical (unpaired) electrons. The minimum absolute atomic E-state index is 0.0682. The number of rotatable bonds is 6. The summed E-state index contributed by atoms with van der Waals surface area (Å²) in [6.07, 6.45) is 2.64. The Labute approximate surface area is 174 Å². The molecule has 3 N–H and O–H groups in total. The van der Waals surface area contributed by atoms with E-state index in [1.165, 1.54) is 0 Å². The van der Waals surface area contributed by atoms with Crippen molar-refractivity contribution in [2.75, 3.05) is 6.54 Å². The molecule has 1 aromatic rings. The predicted molar refractivity (Wildman–Crippen MR) is 114 cm³/mol. The van der Waals surface area contributed by atoms with Crippen LogP contribution in [0, 0.1) is 17.3 Å². The van der Waals surface area contributed by atoms with E-state index in [4.69, 9.17) is 0 Å². The van der Waals surface area contributed by atoms with Gasteiger partial charge in [-0.3, -0.25) is 9.59 Å². The van der Waals surface area contributed by atoms with Crippen molar-refractivity contribution in [1.29, 1.82) is 0 Å². The Balaban J connectivity index is 2.13. The van der Waals surface area contributed by atoms with Gasteiger partial charge in [0.1, 0.15) is 6.04 Å². The van der Waals surface area contributed by atoms with Gasteiger partial charge in [0, 0.05) is 18.8 Å². The van der Waals surface area contributed by atoms with Crippen LogP contribution in [0.25, 0.3) is 0 Å². The van der Waals surface area contributed by atoms with Gasteiger partial charge in [0.05, 0.1) is 11.7 Å². The Kier molecular flexibility index (Phi) is 7.14. The summed E-state index contributed by atoms with van der Waals surface area (Å²) in [4.78, 5) is 43.5. The molecule has 0 aromatic carbocycles. The van der Waals surface area contributed by atoms with Gasteiger partial charge in [-0.05, 0) is 42.7 Å². The van der Waals surface area contributed by atoms with Gasteiger partial charge < -0.3 is 20.5 Å². The van der Waals surface area contributed by atoms with Gasteiger partial charge in [-0.15, -0.1) is 0 Å². The molecule has 0 aliphatic carbocycles. The lowest BCUT2D eigenvalue weighted by atomic mass is 9.85. The lowest BCUT2D eigenvalue weighted by molar-refractivity contribution is -0.136. The Morgan fingerprint density at radius 2 is 1.83 bits per heavy atom. The zero-order chi connectivity index (χ0) is 21.9. The number of H-pyrrole nitrogens is 1. The molecule has 1 fully saturated rings. The lowest BCUT2D eigenvalue weighted by Crippen LogP contribution is -2.59. The van der Waals surface area contributed by atoms with Gasteiger partial charge in [-0.2, -0.15) is 0 Å². The number of carbonyl (C=O) groups excluding carboxylic acids is 3. The fraction of sp³-hybridized carbons (Fsp3) is 0.682. The van der Waals surface area contributed by atoms with E-state index < -0.39 is 23.5 Å². The van der Waals surface area contributed by atoms with Gasteiger partial charge in [-0.1, -0.05) is 41.5 Å². The Hall–Kier alpha value is -2.31. The van der Waals surface area contributed by atoms with Crippen LogP contribution >= 0.6 is 0 Å². The summed E-state index contributed by atoms with van der Waals surface area (Å²) in [6.45, 7) is 14.4. The number of amides is 3. The summed E-state index contributed by atoms with van der Waals surface area (Å²) in [5.41, 5.74) is -0.0103. The molecule has 29 heavy (non-hydrogen) atoms. The Morgan fingerprint density at radius 1 is 1.17 bits per heavy atom. The Bertz CT molecular complexity index is 721. The zero-order valence-electron chi connectivity index (χ0n) is 18.7. The van der Waals surface area contributed by atoms with E-state index in [0.717, 1.165) is 6.42 Å². The number of aromatic nitrogens is 1. The Morgan fingerprint density at radius 3 is 2.28 bits per heavy atom. The monoisotopic (exact) mass is 404 g/mol. The molecule has 0 spiro atoms. The topological polar surface area (TPSA) is 94.3 Å². The quantitative estimate of drug-likeness (QED) is 0.636. The van der Waals surface area contributed by atoms with Gasteiger partial charge in [0.2, 0.25) is 11.7 Å². The molecule has 162 valence electrons. The third-order valence-electron chi connectivity index (χ3n) is 5.55. The molecular formula is C22H36N4O3. The summed E-state index contributed by atoms with van der Waals surface area (Å²) in [6, 6.07) is 1.73. The smallest absolute Gasteiger partial charge is 0.316 e. The normalized spacial score (nSPS) is 21.7. The minimum Gasteiger partial charge on any atom is -0.359 e. The van der Waals surface area contributed by atoms with Gasteiger partial charge in [-0.25, -0.2) is 4.79 Å². The van der Waals surface area contributed by atoms with Crippen molar-refractivity contribution in [3.8, 4) is 0 Å². The van der Waals surface area contributed by atoms with Crippen LogP contribution in [0.4, 0.5) is 4.79 Å². The number of likely N-dealkylation sites (tertiary alicyclic amines) is 1. The van der Waals surface area contributed by atoms with Crippen LogP contribution in [0.5, 0.6) is 0 Å². The standard InChI is InChI=1S/C22H36N4O3/c1-13(2)17(18(27)16-9-8-10-23-16)24-21(29)25-19(22(5,6)7)20(28)26-12-14(3)11-15(26)4/h8-10,13-15,17,19,23H,11-12H2,1-7H3,(H2,24,25,29). The molecule has 1 aliphatic heterocycles. The third-order valence-corrected chi connectivity index (χ3v) is 5.55. The molecule has 2 heterocycles. The highest BCUT2D eigenvalue weighted by Crippen LogP contribution is 2.27. The highest BCUT2D eigenvalue weighted by Gasteiger charge is 2.40. The molecule has 3 amide bonds. The van der Waals surface area contributed by atoms with Crippen LogP contribution in [0.1, 0.15) is 65.4 Å². The first kappa shape index (κ1) is 23.0. The molecule has 1 aromatic heterocycles. The average molecular weight is 405 g/mol. The molecule has 0 bridgehead atoms. The first-order chi connectivity index (χ1) is 13.4. The van der Waals surface area contributed by atoms with Gasteiger partial charge in [0.25, 0.3) is 0 Å². The number of urea groups is 1. The molecule has 7 nitrogen and oxygen atoms in total. The highest BCUT2D eigenvalue weighted by molar-refractivity contribution is 6.01. The predicted octanol–water partition coefficient (Wildman–Crippen LogP) is 3.19. The van der Waals surface area contributed by atoms with Gasteiger partial charge >= 0.3 is 6.03 Å². The molecular weight excluding hydrogens is 368 g/mol. The summed E-state index contributed by atoms with van der Waals surface area (Å²) < 4.78 is 0. The molecule has 4 unspecified atom stereocenters. The molecule has 1 saturated heterocycles. The number of hydrogen-bond donors (Lipinski definition) is 3. The fourth-order valence-corrected chi connectivity index (χ4v) is 3.92. The molecule has 1 aliphatic rings. The van der Waals surface area contributed by atoms with Crippen LogP contribution in [-0.2, 0) is 4.79 Å². The molecule has 4 atom stereocenters. The van der Waals surface area contributed by atoms with Crippen molar-refractivity contribution >= 4 is 17.7 Å². The van der Waals surface area contributed by atoms with E-state index >= 15 is 0 Å². The highest BCUT2D eigenvalue weighted by atomic mass is 16.2. The second-order valence-electron chi connectivity index (χ2n) is 9.77. The maximum absolute atomic E-state index is 13.2. The van der Waals surface area contributed by atoms with Crippen LogP contribution < -0.4 is 10.6 Å². The van der Waals surface area contributed by atoms with E-state index in [1.807, 2.05) is 46.4 Å². The van der Waals surface area contributed by atoms with Crippen LogP contribution in [0.15, 0.2) is 18.3 Å². The average Bonchev–Trinajstić information content (AvgIpc) is 3.24. The summed E-state index contributed by atoms with van der Waals surface area (Å²) in [5.74, 6) is 0.106. The van der Waals surface area contributed by atoms with Crippen molar-refractivity contribution in [3.63, 3.8) is 0 Å². The van der Waals surface area contributed by atoms with Crippen LogP contribution in [0.3, 0.4) is 0 Å². The minimum atomic E-state index is -0.685. The van der Waals surface area contributed by atoms with Crippen LogP contribution in [-0.4, -0.2) is 52.3 Å². The van der Waals surface area contributed by atoms with Crippen molar-refractivity contribution < 1.29 is 14.4 Å². The zero-order valence-corrected chi connectivity index (χ0v) is 18.7. The third kappa shape index (κ3) is 5.61. The van der Waals surface area contributed by atoms with Crippen molar-refractivity contribution in [3.05, 3.63) is 24.0 Å². The van der Waals surface area contributed by atoms with E-state index in [2.05, 4.69) is 22.5 Å². The SMILES string of the molecule is CC1CC(C)N(C(=O)C(NC(=O)NC(C(=O)c2ccc[nH]2)C(C)C)C(C)(C)C)C1. The summed E-state index contributed by atoms with van der Waals surface area (Å²) in [5, 5.41) is 5.63. The second-order valence-corrected chi connectivity index (χ2v) is 9.77. The number of carbonyl (C=O) groups is 3. The largest absolute Gasteiger partial charge is 0.359 e. The maximum Gasteiger partial charge on any atom is 0.316 e. The maximum atomic E-state index is 13.2. The van der Waals surface area contributed by atoms with Crippen molar-refractivity contribution in [1.82, 2.24) is 20.5 Å². The van der Waals surface area contributed by atoms with E-state index in [-0.39, 0.29) is 23.7 Å². The van der Waals surface area contributed by atoms with E-state index in [1.54, 1.807) is 18.3 Å². The summed E-state index contributed by atoms with van der Waals surface area (Å²) >= 11 is 0.